The number of benzene rings is 1. The molecule has 0 saturated carbocycles. The van der Waals surface area contributed by atoms with Gasteiger partial charge in [-0.05, 0) is 30.3 Å². The van der Waals surface area contributed by atoms with Crippen LogP contribution >= 0.6 is 11.6 Å². The van der Waals surface area contributed by atoms with Crippen LogP contribution in [0.15, 0.2) is 18.2 Å². The Morgan fingerprint density at radius 3 is 2.67 bits per heavy atom. The molecule has 1 heterocycles. The number of piperazine rings is 1. The first-order valence-corrected chi connectivity index (χ1v) is 8.07. The summed E-state index contributed by atoms with van der Waals surface area (Å²) in [6.45, 7) is 10.2. The number of rotatable bonds is 7. The van der Waals surface area contributed by atoms with E-state index in [1.54, 1.807) is 7.11 Å². The van der Waals surface area contributed by atoms with Crippen LogP contribution < -0.4 is 10.2 Å². The average Bonchev–Trinajstić information content (AvgIpc) is 2.52. The third-order valence-electron chi connectivity index (χ3n) is 4.00. The molecule has 1 aromatic carbocycles. The van der Waals surface area contributed by atoms with Crippen molar-refractivity contribution in [3.05, 3.63) is 28.8 Å². The van der Waals surface area contributed by atoms with Crippen LogP contribution in [-0.4, -0.2) is 57.9 Å². The van der Waals surface area contributed by atoms with Crippen LogP contribution in [-0.2, 0) is 11.3 Å². The maximum Gasteiger partial charge on any atom is 0.0587 e. The molecule has 4 nitrogen and oxygen atoms in total. The minimum absolute atomic E-state index is 0.727. The summed E-state index contributed by atoms with van der Waals surface area (Å²) in [7, 11) is 1.72. The molecule has 5 heteroatoms. The number of ether oxygens (including phenoxy) is 1. The average molecular weight is 312 g/mol. The summed E-state index contributed by atoms with van der Waals surface area (Å²) in [5.74, 6) is 0. The van der Waals surface area contributed by atoms with Crippen LogP contribution in [0.1, 0.15) is 12.5 Å². The Morgan fingerprint density at radius 2 is 2.00 bits per heavy atom. The fourth-order valence-corrected chi connectivity index (χ4v) is 2.90. The smallest absolute Gasteiger partial charge is 0.0587 e. The van der Waals surface area contributed by atoms with Gasteiger partial charge in [0.25, 0.3) is 0 Å². The lowest BCUT2D eigenvalue weighted by atomic mass is 10.1. The minimum atomic E-state index is 0.727. The monoisotopic (exact) mass is 311 g/mol. The minimum Gasteiger partial charge on any atom is -0.383 e. The Labute approximate surface area is 133 Å². The molecule has 0 radical (unpaired) electrons. The number of methoxy groups -OCH3 is 1. The van der Waals surface area contributed by atoms with E-state index >= 15 is 0 Å². The Morgan fingerprint density at radius 1 is 1.24 bits per heavy atom. The number of nitrogens with zero attached hydrogens (tertiary/aromatic N) is 2. The van der Waals surface area contributed by atoms with E-state index in [0.29, 0.717) is 0 Å². The van der Waals surface area contributed by atoms with Crippen molar-refractivity contribution in [2.24, 2.45) is 0 Å². The Kier molecular flexibility index (Phi) is 6.77. The van der Waals surface area contributed by atoms with Crippen LogP contribution in [0.2, 0.25) is 5.02 Å². The largest absolute Gasteiger partial charge is 0.383 e. The molecule has 0 aliphatic carbocycles. The molecule has 1 N–H and O–H groups in total. The van der Waals surface area contributed by atoms with Gasteiger partial charge < -0.3 is 19.9 Å². The lowest BCUT2D eigenvalue weighted by Gasteiger charge is -2.36. The zero-order valence-corrected chi connectivity index (χ0v) is 13.8. The van der Waals surface area contributed by atoms with E-state index in [0.717, 1.165) is 57.4 Å². The molecule has 2 rings (SSSR count). The third-order valence-corrected chi connectivity index (χ3v) is 4.24. The van der Waals surface area contributed by atoms with E-state index in [2.05, 4.69) is 34.2 Å². The van der Waals surface area contributed by atoms with E-state index in [4.69, 9.17) is 16.3 Å². The van der Waals surface area contributed by atoms with Crippen molar-refractivity contribution in [1.82, 2.24) is 10.2 Å². The lowest BCUT2D eigenvalue weighted by Crippen LogP contribution is -2.46. The second-order valence-corrected chi connectivity index (χ2v) is 5.80. The SMILES string of the molecule is CCN1CCN(c2ccc(Cl)cc2CNCCOC)CC1. The van der Waals surface area contributed by atoms with Crippen LogP contribution in [0.4, 0.5) is 5.69 Å². The van der Waals surface area contributed by atoms with Crippen LogP contribution in [0.5, 0.6) is 0 Å². The van der Waals surface area contributed by atoms with E-state index in [9.17, 15) is 0 Å². The summed E-state index contributed by atoms with van der Waals surface area (Å²) in [5.41, 5.74) is 2.57. The summed E-state index contributed by atoms with van der Waals surface area (Å²) in [6.07, 6.45) is 0. The quantitative estimate of drug-likeness (QED) is 0.782. The van der Waals surface area contributed by atoms with Gasteiger partial charge in [-0.25, -0.2) is 0 Å². The molecule has 0 spiro atoms. The zero-order chi connectivity index (χ0) is 15.1. The van der Waals surface area contributed by atoms with E-state index < -0.39 is 0 Å². The zero-order valence-electron chi connectivity index (χ0n) is 13.1. The van der Waals surface area contributed by atoms with Crippen LogP contribution in [0, 0.1) is 0 Å². The fourth-order valence-electron chi connectivity index (χ4n) is 2.71. The first-order chi connectivity index (χ1) is 10.2. The molecule has 21 heavy (non-hydrogen) atoms. The molecule has 118 valence electrons. The standard InChI is InChI=1S/C16H26ClN3O/c1-3-19-7-9-20(10-8-19)16-5-4-15(17)12-14(16)13-18-6-11-21-2/h4-5,12,18H,3,6-11,13H2,1-2H3. The van der Waals surface area contributed by atoms with Crippen molar-refractivity contribution in [2.75, 3.05) is 57.9 Å². The summed E-state index contributed by atoms with van der Waals surface area (Å²) in [5, 5.41) is 4.21. The first kappa shape index (κ1) is 16.6. The van der Waals surface area contributed by atoms with Crippen molar-refractivity contribution >= 4 is 17.3 Å². The number of nitrogens with one attached hydrogen (secondary N) is 1. The molecule has 0 amide bonds. The highest BCUT2D eigenvalue weighted by molar-refractivity contribution is 6.30. The van der Waals surface area contributed by atoms with E-state index in [1.165, 1.54) is 11.3 Å². The lowest BCUT2D eigenvalue weighted by molar-refractivity contribution is 0.199. The van der Waals surface area contributed by atoms with Crippen molar-refractivity contribution in [3.8, 4) is 0 Å². The second kappa shape index (κ2) is 8.59. The molecule has 0 aromatic heterocycles. The van der Waals surface area contributed by atoms with Gasteiger partial charge in [-0.1, -0.05) is 18.5 Å². The van der Waals surface area contributed by atoms with Crippen molar-refractivity contribution in [1.29, 1.82) is 0 Å². The molecule has 1 fully saturated rings. The highest BCUT2D eigenvalue weighted by atomic mass is 35.5. The maximum atomic E-state index is 6.16. The number of halogens is 1. The predicted molar refractivity (Wildman–Crippen MR) is 89.4 cm³/mol. The normalized spacial score (nSPS) is 16.4. The van der Waals surface area contributed by atoms with E-state index in [1.807, 2.05) is 6.07 Å². The number of hydrogen-bond donors (Lipinski definition) is 1. The van der Waals surface area contributed by atoms with Crippen LogP contribution in [0.3, 0.4) is 0 Å². The van der Waals surface area contributed by atoms with Gasteiger partial charge in [-0.3, -0.25) is 0 Å². The van der Waals surface area contributed by atoms with Gasteiger partial charge in [0, 0.05) is 57.1 Å². The molecule has 1 aliphatic heterocycles. The molecule has 0 unspecified atom stereocenters. The van der Waals surface area contributed by atoms with Gasteiger partial charge in [0.1, 0.15) is 0 Å². The Hall–Kier alpha value is -0.810. The number of likely N-dealkylation sites (N-methyl/N-ethyl adjacent to an activating group) is 1. The van der Waals surface area contributed by atoms with Gasteiger partial charge in [0.05, 0.1) is 6.61 Å². The summed E-state index contributed by atoms with van der Waals surface area (Å²) < 4.78 is 5.07. The van der Waals surface area contributed by atoms with Gasteiger partial charge in [0.15, 0.2) is 0 Å². The van der Waals surface area contributed by atoms with Gasteiger partial charge in [-0.15, -0.1) is 0 Å². The van der Waals surface area contributed by atoms with Crippen molar-refractivity contribution in [2.45, 2.75) is 13.5 Å². The molecule has 1 saturated heterocycles. The number of anilines is 1. The van der Waals surface area contributed by atoms with Gasteiger partial charge in [0.2, 0.25) is 0 Å². The molecule has 0 bridgehead atoms. The molecule has 0 atom stereocenters. The second-order valence-electron chi connectivity index (χ2n) is 5.36. The Bertz CT molecular complexity index is 434. The maximum absolute atomic E-state index is 6.16. The highest BCUT2D eigenvalue weighted by Crippen LogP contribution is 2.25. The van der Waals surface area contributed by atoms with Crippen molar-refractivity contribution < 1.29 is 4.74 Å². The summed E-state index contributed by atoms with van der Waals surface area (Å²) in [4.78, 5) is 4.96. The molecular formula is C16H26ClN3O. The molecule has 1 aliphatic rings. The fraction of sp³-hybridized carbons (Fsp3) is 0.625. The molecule has 1 aromatic rings. The predicted octanol–water partition coefficient (Wildman–Crippen LogP) is 2.22. The highest BCUT2D eigenvalue weighted by Gasteiger charge is 2.18. The third kappa shape index (κ3) is 4.85. The van der Waals surface area contributed by atoms with Crippen molar-refractivity contribution in [3.63, 3.8) is 0 Å². The van der Waals surface area contributed by atoms with E-state index in [-0.39, 0.29) is 0 Å². The summed E-state index contributed by atoms with van der Waals surface area (Å²) >= 11 is 6.16. The Balaban J connectivity index is 2.01. The number of hydrogen-bond acceptors (Lipinski definition) is 4. The molecular weight excluding hydrogens is 286 g/mol. The first-order valence-electron chi connectivity index (χ1n) is 7.70. The van der Waals surface area contributed by atoms with Crippen LogP contribution in [0.25, 0.3) is 0 Å². The van der Waals surface area contributed by atoms with Gasteiger partial charge >= 0.3 is 0 Å². The van der Waals surface area contributed by atoms with Gasteiger partial charge in [-0.2, -0.15) is 0 Å². The summed E-state index contributed by atoms with van der Waals surface area (Å²) in [6, 6.07) is 6.21. The topological polar surface area (TPSA) is 27.7 Å².